The molecule has 2 aliphatic heterocycles. The Hall–Kier alpha value is -2.29. The van der Waals surface area contributed by atoms with Gasteiger partial charge in [-0.3, -0.25) is 0 Å². The Kier molecular flexibility index (Phi) is 6.07. The molecule has 0 spiro atoms. The van der Waals surface area contributed by atoms with E-state index in [1.54, 1.807) is 11.2 Å². The van der Waals surface area contributed by atoms with Gasteiger partial charge in [-0.15, -0.1) is 0 Å². The van der Waals surface area contributed by atoms with Crippen molar-refractivity contribution >= 4 is 23.4 Å². The average Bonchev–Trinajstić information content (AvgIpc) is 2.61. The Morgan fingerprint density at radius 3 is 2.41 bits per heavy atom. The normalized spacial score (nSPS) is 21.7. The average molecular weight is 406 g/mol. The van der Waals surface area contributed by atoms with Crippen LogP contribution in [0.4, 0.5) is 22.1 Å². The molecular weight excluding hydrogens is 370 g/mol. The molecule has 3 rings (SSSR count). The molecule has 2 fully saturated rings. The zero-order valence-electron chi connectivity index (χ0n) is 18.3. The van der Waals surface area contributed by atoms with Gasteiger partial charge in [0.15, 0.2) is 11.6 Å². The maximum absolute atomic E-state index is 11.9. The molecule has 0 saturated carbocycles. The predicted molar refractivity (Wildman–Crippen MR) is 115 cm³/mol. The van der Waals surface area contributed by atoms with Crippen molar-refractivity contribution < 1.29 is 9.53 Å². The highest BCUT2D eigenvalue weighted by Gasteiger charge is 2.38. The molecule has 4 N–H and O–H groups in total. The molecule has 29 heavy (non-hydrogen) atoms. The zero-order chi connectivity index (χ0) is 21.2. The molecule has 3 heterocycles. The van der Waals surface area contributed by atoms with Crippen LogP contribution >= 0.6 is 0 Å². The van der Waals surface area contributed by atoms with Gasteiger partial charge in [0.05, 0.1) is 6.61 Å². The summed E-state index contributed by atoms with van der Waals surface area (Å²) in [5.74, 6) is 1.40. The molecule has 1 aromatic rings. The number of nitrogen functional groups attached to an aromatic ring is 1. The first-order valence-electron chi connectivity index (χ1n) is 10.4. The summed E-state index contributed by atoms with van der Waals surface area (Å²) in [4.78, 5) is 24.6. The monoisotopic (exact) mass is 405 g/mol. The van der Waals surface area contributed by atoms with Crippen LogP contribution in [-0.4, -0.2) is 70.9 Å². The maximum atomic E-state index is 11.9. The molecule has 0 atom stereocenters. The first-order chi connectivity index (χ1) is 13.6. The molecule has 9 heteroatoms. The third-order valence-electron chi connectivity index (χ3n) is 5.50. The van der Waals surface area contributed by atoms with Crippen LogP contribution in [0.25, 0.3) is 0 Å². The van der Waals surface area contributed by atoms with Crippen molar-refractivity contribution in [3.05, 3.63) is 6.33 Å². The smallest absolute Gasteiger partial charge is 0.409 e. The summed E-state index contributed by atoms with van der Waals surface area (Å²) in [7, 11) is 0. The lowest BCUT2D eigenvalue weighted by molar-refractivity contribution is 0.105. The summed E-state index contributed by atoms with van der Waals surface area (Å²) < 4.78 is 5.09. The van der Waals surface area contributed by atoms with Crippen LogP contribution in [0, 0.1) is 0 Å². The second-order valence-electron chi connectivity index (χ2n) is 9.27. The molecule has 0 aliphatic carbocycles. The SMILES string of the molecule is CCOC(=O)N1CCN(c2ncnc(NC3CC(C)(C)NC(C)(C)C3)c2N)CC1. The first-order valence-corrected chi connectivity index (χ1v) is 10.4. The molecule has 1 amide bonds. The number of carbonyl (C=O) groups excluding carboxylic acids is 1. The van der Waals surface area contributed by atoms with Gasteiger partial charge in [-0.2, -0.15) is 0 Å². The minimum absolute atomic E-state index is 0.0352. The lowest BCUT2D eigenvalue weighted by atomic mass is 9.79. The predicted octanol–water partition coefficient (Wildman–Crippen LogP) is 2.06. The summed E-state index contributed by atoms with van der Waals surface area (Å²) in [5, 5.41) is 7.25. The molecule has 0 aromatic carbocycles. The number of hydrogen-bond donors (Lipinski definition) is 3. The highest BCUT2D eigenvalue weighted by atomic mass is 16.6. The van der Waals surface area contributed by atoms with Crippen molar-refractivity contribution in [1.82, 2.24) is 20.2 Å². The van der Waals surface area contributed by atoms with Gasteiger partial charge >= 0.3 is 6.09 Å². The molecule has 2 aliphatic rings. The van der Waals surface area contributed by atoms with E-state index in [-0.39, 0.29) is 23.2 Å². The number of rotatable bonds is 4. The molecule has 0 bridgehead atoms. The van der Waals surface area contributed by atoms with Gasteiger partial charge in [0, 0.05) is 43.3 Å². The fourth-order valence-electron chi connectivity index (χ4n) is 4.69. The van der Waals surface area contributed by atoms with Gasteiger partial charge in [-0.1, -0.05) is 0 Å². The van der Waals surface area contributed by atoms with E-state index in [9.17, 15) is 4.79 Å². The number of nitrogens with one attached hydrogen (secondary N) is 2. The highest BCUT2D eigenvalue weighted by Crippen LogP contribution is 2.33. The van der Waals surface area contributed by atoms with Gasteiger partial charge in [0.1, 0.15) is 12.0 Å². The molecule has 2 saturated heterocycles. The number of piperazine rings is 1. The van der Waals surface area contributed by atoms with Crippen LogP contribution in [0.3, 0.4) is 0 Å². The van der Waals surface area contributed by atoms with Crippen molar-refractivity contribution in [2.75, 3.05) is 48.7 Å². The Morgan fingerprint density at radius 1 is 1.21 bits per heavy atom. The molecule has 0 unspecified atom stereocenters. The molecule has 9 nitrogen and oxygen atoms in total. The third kappa shape index (κ3) is 5.20. The van der Waals surface area contributed by atoms with Crippen LogP contribution in [-0.2, 0) is 4.74 Å². The third-order valence-corrected chi connectivity index (χ3v) is 5.50. The van der Waals surface area contributed by atoms with E-state index < -0.39 is 0 Å². The molecular formula is C20H35N7O2. The lowest BCUT2D eigenvalue weighted by Gasteiger charge is -2.46. The fraction of sp³-hybridized carbons (Fsp3) is 0.750. The number of anilines is 3. The van der Waals surface area contributed by atoms with Crippen LogP contribution < -0.4 is 21.3 Å². The van der Waals surface area contributed by atoms with Crippen molar-refractivity contribution in [2.45, 2.75) is 64.6 Å². The largest absolute Gasteiger partial charge is 0.450 e. The van der Waals surface area contributed by atoms with Gasteiger partial charge < -0.3 is 30.9 Å². The van der Waals surface area contributed by atoms with E-state index in [1.165, 1.54) is 0 Å². The first kappa shape index (κ1) is 21.4. The minimum atomic E-state index is -0.263. The van der Waals surface area contributed by atoms with Crippen molar-refractivity contribution in [2.24, 2.45) is 0 Å². The van der Waals surface area contributed by atoms with E-state index in [2.05, 4.69) is 53.2 Å². The number of nitrogens with two attached hydrogens (primary N) is 1. The zero-order valence-corrected chi connectivity index (χ0v) is 18.3. The fourth-order valence-corrected chi connectivity index (χ4v) is 4.69. The Labute approximate surface area is 173 Å². The lowest BCUT2D eigenvalue weighted by Crippen LogP contribution is -2.60. The summed E-state index contributed by atoms with van der Waals surface area (Å²) in [6, 6.07) is 0.270. The number of amides is 1. The van der Waals surface area contributed by atoms with Gasteiger partial charge in [0.2, 0.25) is 0 Å². The summed E-state index contributed by atoms with van der Waals surface area (Å²) >= 11 is 0. The second-order valence-corrected chi connectivity index (χ2v) is 9.27. The van der Waals surface area contributed by atoms with E-state index in [1.807, 2.05) is 6.92 Å². The van der Waals surface area contributed by atoms with Crippen molar-refractivity contribution in [3.8, 4) is 0 Å². The quantitative estimate of drug-likeness (QED) is 0.698. The Bertz CT molecular complexity index is 714. The number of nitrogens with zero attached hydrogens (tertiary/aromatic N) is 4. The molecule has 162 valence electrons. The minimum Gasteiger partial charge on any atom is -0.450 e. The number of ether oxygens (including phenoxy) is 1. The van der Waals surface area contributed by atoms with Gasteiger partial charge in [0.25, 0.3) is 0 Å². The number of aromatic nitrogens is 2. The molecule has 0 radical (unpaired) electrons. The van der Waals surface area contributed by atoms with Crippen LogP contribution in [0.15, 0.2) is 6.33 Å². The Morgan fingerprint density at radius 2 is 1.83 bits per heavy atom. The Balaban J connectivity index is 1.68. The topological polar surface area (TPSA) is 109 Å². The maximum Gasteiger partial charge on any atom is 0.409 e. The van der Waals surface area contributed by atoms with Gasteiger partial charge in [-0.25, -0.2) is 14.8 Å². The number of carbonyl (C=O) groups is 1. The number of hydrogen-bond acceptors (Lipinski definition) is 8. The van der Waals surface area contributed by atoms with Crippen LogP contribution in [0.2, 0.25) is 0 Å². The van der Waals surface area contributed by atoms with Gasteiger partial charge in [-0.05, 0) is 47.5 Å². The van der Waals surface area contributed by atoms with E-state index in [0.717, 1.165) is 18.7 Å². The second kappa shape index (κ2) is 8.22. The summed E-state index contributed by atoms with van der Waals surface area (Å²) in [6.45, 7) is 13.6. The summed E-state index contributed by atoms with van der Waals surface area (Å²) in [5.41, 5.74) is 7.09. The van der Waals surface area contributed by atoms with Crippen molar-refractivity contribution in [3.63, 3.8) is 0 Å². The van der Waals surface area contributed by atoms with E-state index in [4.69, 9.17) is 10.5 Å². The van der Waals surface area contributed by atoms with Crippen LogP contribution in [0.1, 0.15) is 47.5 Å². The van der Waals surface area contributed by atoms with Crippen molar-refractivity contribution in [1.29, 1.82) is 0 Å². The molecule has 1 aromatic heterocycles. The standard InChI is InChI=1S/C20H35N7O2/c1-6-29-18(28)27-9-7-26(8-10-27)17-15(21)16(22-13-23-17)24-14-11-19(2,3)25-20(4,5)12-14/h13-14,25H,6-12,21H2,1-5H3,(H,22,23,24). The summed E-state index contributed by atoms with van der Waals surface area (Å²) in [6.07, 6.45) is 3.26. The number of piperidine rings is 1. The van der Waals surface area contributed by atoms with E-state index in [0.29, 0.717) is 44.3 Å². The van der Waals surface area contributed by atoms with E-state index >= 15 is 0 Å². The van der Waals surface area contributed by atoms with Crippen LogP contribution in [0.5, 0.6) is 0 Å². The highest BCUT2D eigenvalue weighted by molar-refractivity contribution is 5.75.